The van der Waals surface area contributed by atoms with Crippen molar-refractivity contribution in [3.8, 4) is 5.69 Å². The molecule has 0 N–H and O–H groups in total. The van der Waals surface area contributed by atoms with Crippen molar-refractivity contribution in [2.24, 2.45) is 6.98 Å². The molecule has 0 radical (unpaired) electrons. The molecule has 0 saturated carbocycles. The third-order valence-corrected chi connectivity index (χ3v) is 4.37. The number of aryl methyl sites for hydroxylation is 1. The van der Waals surface area contributed by atoms with Crippen LogP contribution in [-0.2, 0) is 6.98 Å². The van der Waals surface area contributed by atoms with Gasteiger partial charge in [0.2, 0.25) is 0 Å². The van der Waals surface area contributed by atoms with Crippen LogP contribution in [0.3, 0.4) is 0 Å². The normalized spacial score (nSPS) is 13.7. The zero-order valence-electron chi connectivity index (χ0n) is 14.4. The molecule has 2 aromatic carbocycles. The lowest BCUT2D eigenvalue weighted by molar-refractivity contribution is 0.624. The molecule has 22 heavy (non-hydrogen) atoms. The molecule has 0 spiro atoms. The van der Waals surface area contributed by atoms with Gasteiger partial charge in [-0.25, -0.2) is 13.8 Å². The largest absolute Gasteiger partial charge is 0.335 e. The monoisotopic (exact) mass is 365 g/mol. The zero-order chi connectivity index (χ0) is 18.5. The Morgan fingerprint density at radius 3 is 2.64 bits per heavy atom. The van der Waals surface area contributed by atoms with Crippen LogP contribution in [0.2, 0.25) is 0 Å². The van der Waals surface area contributed by atoms with Crippen LogP contribution < -0.4 is 11.2 Å². The summed E-state index contributed by atoms with van der Waals surface area (Å²) in [6.45, 7) is -1.27. The van der Waals surface area contributed by atoms with Gasteiger partial charge < -0.3 is 0 Å². The van der Waals surface area contributed by atoms with E-state index in [-0.39, 0.29) is 11.1 Å². The van der Waals surface area contributed by atoms with Crippen LogP contribution in [0.5, 0.6) is 0 Å². The Hall–Kier alpha value is -2.21. The predicted octanol–water partition coefficient (Wildman–Crippen LogP) is 2.90. The fraction of sp³-hybridized carbons (Fsp3) is 0.125. The van der Waals surface area contributed by atoms with E-state index in [1.165, 1.54) is 18.2 Å². The molecular weight excluding hydrogens is 351 g/mol. The average molecular weight is 366 g/mol. The summed E-state index contributed by atoms with van der Waals surface area (Å²) < 4.78 is 38.9. The van der Waals surface area contributed by atoms with Gasteiger partial charge in [0.25, 0.3) is 5.56 Å². The Kier molecular flexibility index (Phi) is 2.69. The second-order valence-electron chi connectivity index (χ2n) is 4.78. The summed E-state index contributed by atoms with van der Waals surface area (Å²) in [5.74, 6) is -0.944. The third-order valence-electron chi connectivity index (χ3n) is 3.51. The van der Waals surface area contributed by atoms with Gasteiger partial charge in [-0.2, -0.15) is 0 Å². The SMILES string of the molecule is [2H]C([2H])([2H])n1c(=O)n(-c2cccc(Br)c2C)c(=O)c2cccc(F)c21. The molecule has 0 saturated heterocycles. The molecule has 1 heterocycles. The minimum atomic E-state index is -2.95. The van der Waals surface area contributed by atoms with Crippen molar-refractivity contribution >= 4 is 26.8 Å². The number of rotatable bonds is 1. The Labute approximate surface area is 137 Å². The first-order chi connectivity index (χ1) is 11.6. The molecule has 0 unspecified atom stereocenters. The number of nitrogens with zero attached hydrogens (tertiary/aromatic N) is 2. The smallest absolute Gasteiger partial charge is 0.293 e. The van der Waals surface area contributed by atoms with Gasteiger partial charge in [0.05, 0.1) is 16.6 Å². The number of halogens is 2. The minimum Gasteiger partial charge on any atom is -0.293 e. The maximum absolute atomic E-state index is 14.2. The Balaban J connectivity index is 2.62. The number of para-hydroxylation sites is 1. The number of hydrogen-bond acceptors (Lipinski definition) is 2. The second-order valence-corrected chi connectivity index (χ2v) is 5.63. The standard InChI is InChI=1S/C16H12BrFN2O2/c1-9-11(17)6-4-8-13(9)20-15(21)10-5-3-7-12(18)14(10)19(2)16(20)22/h3-8H,1-2H3/i2D3. The van der Waals surface area contributed by atoms with Gasteiger partial charge in [-0.1, -0.05) is 28.1 Å². The van der Waals surface area contributed by atoms with E-state index in [0.29, 0.717) is 14.6 Å². The lowest BCUT2D eigenvalue weighted by atomic mass is 10.2. The van der Waals surface area contributed by atoms with Crippen LogP contribution in [0.4, 0.5) is 4.39 Å². The van der Waals surface area contributed by atoms with E-state index < -0.39 is 29.6 Å². The van der Waals surface area contributed by atoms with E-state index in [0.717, 1.165) is 10.6 Å². The first-order valence-electron chi connectivity index (χ1n) is 7.87. The molecule has 0 atom stereocenters. The highest BCUT2D eigenvalue weighted by atomic mass is 79.9. The number of benzene rings is 2. The summed E-state index contributed by atoms with van der Waals surface area (Å²) in [5.41, 5.74) is -1.62. The number of fused-ring (bicyclic) bond motifs is 1. The topological polar surface area (TPSA) is 44.0 Å². The van der Waals surface area contributed by atoms with Crippen LogP contribution in [0.1, 0.15) is 9.68 Å². The second kappa shape index (κ2) is 5.21. The van der Waals surface area contributed by atoms with Crippen molar-refractivity contribution in [2.45, 2.75) is 6.92 Å². The molecule has 3 aromatic rings. The van der Waals surface area contributed by atoms with Gasteiger partial charge in [-0.15, -0.1) is 0 Å². The van der Waals surface area contributed by atoms with Gasteiger partial charge in [-0.3, -0.25) is 9.36 Å². The number of hydrogen-bond donors (Lipinski definition) is 0. The van der Waals surface area contributed by atoms with Gasteiger partial charge in [0.1, 0.15) is 5.82 Å². The van der Waals surface area contributed by atoms with Crippen molar-refractivity contribution in [1.82, 2.24) is 9.13 Å². The molecule has 0 aliphatic carbocycles. The zero-order valence-corrected chi connectivity index (χ0v) is 13.0. The summed E-state index contributed by atoms with van der Waals surface area (Å²) in [6, 6.07) is 8.48. The maximum atomic E-state index is 14.2. The Morgan fingerprint density at radius 1 is 1.18 bits per heavy atom. The summed E-state index contributed by atoms with van der Waals surface area (Å²) >= 11 is 3.32. The molecule has 3 rings (SSSR count). The van der Waals surface area contributed by atoms with Gasteiger partial charge >= 0.3 is 5.69 Å². The summed E-state index contributed by atoms with van der Waals surface area (Å²) in [6.07, 6.45) is 0. The summed E-state index contributed by atoms with van der Waals surface area (Å²) in [7, 11) is 0. The predicted molar refractivity (Wildman–Crippen MR) is 87.2 cm³/mol. The molecule has 112 valence electrons. The molecule has 4 nitrogen and oxygen atoms in total. The van der Waals surface area contributed by atoms with Crippen LogP contribution in [0.25, 0.3) is 16.6 Å². The molecule has 1 aromatic heterocycles. The lowest BCUT2D eigenvalue weighted by Gasteiger charge is -2.13. The Morgan fingerprint density at radius 2 is 1.91 bits per heavy atom. The molecule has 6 heteroatoms. The molecule has 0 bridgehead atoms. The molecule has 0 aliphatic rings. The van der Waals surface area contributed by atoms with Crippen molar-refractivity contribution in [3.63, 3.8) is 0 Å². The highest BCUT2D eigenvalue weighted by molar-refractivity contribution is 9.10. The first-order valence-corrected chi connectivity index (χ1v) is 7.16. The summed E-state index contributed by atoms with van der Waals surface area (Å²) in [4.78, 5) is 25.7. The van der Waals surface area contributed by atoms with Crippen molar-refractivity contribution in [2.75, 3.05) is 0 Å². The lowest BCUT2D eigenvalue weighted by Crippen LogP contribution is -2.38. The van der Waals surface area contributed by atoms with E-state index in [2.05, 4.69) is 15.9 Å². The molecule has 0 amide bonds. The molecule has 0 fully saturated rings. The van der Waals surface area contributed by atoms with Gasteiger partial charge in [0.15, 0.2) is 0 Å². The van der Waals surface area contributed by atoms with Crippen LogP contribution in [0, 0.1) is 12.7 Å². The fourth-order valence-electron chi connectivity index (χ4n) is 2.37. The van der Waals surface area contributed by atoms with Crippen LogP contribution in [0.15, 0.2) is 50.5 Å². The average Bonchev–Trinajstić information content (AvgIpc) is 2.51. The summed E-state index contributed by atoms with van der Waals surface area (Å²) in [5, 5.41) is -0.185. The van der Waals surface area contributed by atoms with Crippen LogP contribution >= 0.6 is 15.9 Å². The maximum Gasteiger partial charge on any atom is 0.335 e. The third kappa shape index (κ3) is 2.02. The van der Waals surface area contributed by atoms with E-state index in [1.54, 1.807) is 19.1 Å². The molecule has 0 aliphatic heterocycles. The number of aromatic nitrogens is 2. The van der Waals surface area contributed by atoms with E-state index in [9.17, 15) is 14.0 Å². The van der Waals surface area contributed by atoms with E-state index >= 15 is 0 Å². The highest BCUT2D eigenvalue weighted by Gasteiger charge is 2.16. The van der Waals surface area contributed by atoms with E-state index in [4.69, 9.17) is 4.11 Å². The fourth-order valence-corrected chi connectivity index (χ4v) is 2.72. The molecular formula is C16H12BrFN2O2. The van der Waals surface area contributed by atoms with Crippen LogP contribution in [-0.4, -0.2) is 9.13 Å². The van der Waals surface area contributed by atoms with Crippen molar-refractivity contribution in [3.05, 3.63) is 73.1 Å². The highest BCUT2D eigenvalue weighted by Crippen LogP contribution is 2.21. The Bertz CT molecular complexity index is 1120. The van der Waals surface area contributed by atoms with Gasteiger partial charge in [-0.05, 0) is 36.8 Å². The van der Waals surface area contributed by atoms with E-state index in [1.807, 2.05) is 0 Å². The van der Waals surface area contributed by atoms with Crippen molar-refractivity contribution in [1.29, 1.82) is 0 Å². The minimum absolute atomic E-state index is 0.185. The quantitative estimate of drug-likeness (QED) is 0.665. The van der Waals surface area contributed by atoms with Gasteiger partial charge in [0, 0.05) is 15.6 Å². The van der Waals surface area contributed by atoms with Crippen molar-refractivity contribution < 1.29 is 8.50 Å². The first kappa shape index (κ1) is 11.4.